The van der Waals surface area contributed by atoms with E-state index >= 15 is 0 Å². The molecule has 4 nitrogen and oxygen atoms in total. The Morgan fingerprint density at radius 1 is 1.60 bits per heavy atom. The molecule has 0 saturated heterocycles. The number of hydrogen-bond donors (Lipinski definition) is 1. The third-order valence-corrected chi connectivity index (χ3v) is 1.79. The van der Waals surface area contributed by atoms with Crippen LogP contribution in [0, 0.1) is 0 Å². The Bertz CT molecular complexity index is 176. The number of esters is 1. The Hall–Kier alpha value is -0.580. The quantitative estimate of drug-likeness (QED) is 0.455. The monoisotopic (exact) mass is 166 g/mol. The third kappa shape index (κ3) is 2.82. The summed E-state index contributed by atoms with van der Waals surface area (Å²) in [6.45, 7) is 3.14. The van der Waals surface area contributed by atoms with Gasteiger partial charge in [-0.1, -0.05) is 0 Å². The maximum Gasteiger partial charge on any atom is 0.323 e. The minimum Gasteiger partial charge on any atom is -0.465 e. The highest BCUT2D eigenvalue weighted by Crippen LogP contribution is 1.91. The second kappa shape index (κ2) is 4.27. The first kappa shape index (κ1) is 9.42. The van der Waals surface area contributed by atoms with Gasteiger partial charge in [-0.25, -0.2) is 8.42 Å². The van der Waals surface area contributed by atoms with Crippen LogP contribution in [-0.2, 0) is 20.2 Å². The van der Waals surface area contributed by atoms with Gasteiger partial charge in [0.25, 0.3) is 0 Å². The summed E-state index contributed by atoms with van der Waals surface area (Å²) in [5.74, 6) is -0.682. The molecular weight excluding hydrogens is 156 g/mol. The fraction of sp³-hybridized carbons (Fsp3) is 0.800. The zero-order valence-corrected chi connectivity index (χ0v) is 6.76. The Balaban J connectivity index is 3.95. The number of thiol groups is 1. The number of ether oxygens (including phenoxy) is 1. The van der Waals surface area contributed by atoms with Crippen molar-refractivity contribution in [3.63, 3.8) is 0 Å². The van der Waals surface area contributed by atoms with Crippen LogP contribution < -0.4 is 0 Å². The standard InChI is InChI=1S/C5H10O4S/c1-3-9-5(6)4(2)10(7)8/h4,10H,3H2,1-2H3. The van der Waals surface area contributed by atoms with E-state index in [4.69, 9.17) is 0 Å². The molecule has 0 aromatic carbocycles. The molecule has 0 fully saturated rings. The summed E-state index contributed by atoms with van der Waals surface area (Å²) in [4.78, 5) is 10.6. The zero-order valence-electron chi connectivity index (χ0n) is 5.86. The van der Waals surface area contributed by atoms with Crippen molar-refractivity contribution >= 4 is 16.7 Å². The molecule has 1 atom stereocenters. The molecule has 1 unspecified atom stereocenters. The second-order valence-corrected chi connectivity index (χ2v) is 3.06. The van der Waals surface area contributed by atoms with Gasteiger partial charge < -0.3 is 4.74 Å². The van der Waals surface area contributed by atoms with Crippen molar-refractivity contribution in [2.75, 3.05) is 6.61 Å². The fourth-order valence-corrected chi connectivity index (χ4v) is 0.596. The van der Waals surface area contributed by atoms with Crippen molar-refractivity contribution in [2.45, 2.75) is 19.1 Å². The lowest BCUT2D eigenvalue weighted by atomic mass is 10.5. The number of hydrogen-bond acceptors (Lipinski definition) is 4. The van der Waals surface area contributed by atoms with Crippen molar-refractivity contribution in [1.82, 2.24) is 0 Å². The van der Waals surface area contributed by atoms with Crippen LogP contribution in [0.1, 0.15) is 13.8 Å². The number of rotatable bonds is 3. The minimum absolute atomic E-state index is 0.215. The van der Waals surface area contributed by atoms with E-state index in [2.05, 4.69) is 4.74 Å². The maximum atomic E-state index is 10.6. The Morgan fingerprint density at radius 3 is 2.40 bits per heavy atom. The lowest BCUT2D eigenvalue weighted by Crippen LogP contribution is -2.21. The minimum atomic E-state index is -2.69. The van der Waals surface area contributed by atoms with Crippen LogP contribution in [0.25, 0.3) is 0 Å². The predicted molar refractivity (Wildman–Crippen MR) is 36.4 cm³/mol. The van der Waals surface area contributed by atoms with Gasteiger partial charge in [0, 0.05) is 0 Å². The summed E-state index contributed by atoms with van der Waals surface area (Å²) in [5.41, 5.74) is 0. The smallest absolute Gasteiger partial charge is 0.323 e. The maximum absolute atomic E-state index is 10.6. The Labute approximate surface area is 61.1 Å². The van der Waals surface area contributed by atoms with Crippen molar-refractivity contribution in [1.29, 1.82) is 0 Å². The molecule has 10 heavy (non-hydrogen) atoms. The van der Waals surface area contributed by atoms with Crippen molar-refractivity contribution in [3.05, 3.63) is 0 Å². The summed E-state index contributed by atoms with van der Waals surface area (Å²) in [6, 6.07) is 0. The molecule has 0 spiro atoms. The van der Waals surface area contributed by atoms with Gasteiger partial charge in [0.2, 0.25) is 0 Å². The normalized spacial score (nSPS) is 13.1. The van der Waals surface area contributed by atoms with E-state index in [1.165, 1.54) is 6.92 Å². The fourth-order valence-electron chi connectivity index (χ4n) is 0.349. The van der Waals surface area contributed by atoms with Crippen LogP contribution in [0.5, 0.6) is 0 Å². The molecule has 5 heteroatoms. The summed E-state index contributed by atoms with van der Waals surface area (Å²) in [6.07, 6.45) is 0. The summed E-state index contributed by atoms with van der Waals surface area (Å²) in [7, 11) is -2.69. The van der Waals surface area contributed by atoms with E-state index < -0.39 is 21.9 Å². The van der Waals surface area contributed by atoms with Crippen molar-refractivity contribution in [3.8, 4) is 0 Å². The average Bonchev–Trinajstić information content (AvgIpc) is 1.87. The molecule has 0 aliphatic rings. The van der Waals surface area contributed by atoms with E-state index in [-0.39, 0.29) is 6.61 Å². The predicted octanol–water partition coefficient (Wildman–Crippen LogP) is -0.451. The molecule has 60 valence electrons. The topological polar surface area (TPSA) is 60.4 Å². The highest BCUT2D eigenvalue weighted by Gasteiger charge is 2.15. The van der Waals surface area contributed by atoms with Crippen LogP contribution in [0.4, 0.5) is 0 Å². The van der Waals surface area contributed by atoms with Crippen LogP contribution in [0.2, 0.25) is 0 Å². The lowest BCUT2D eigenvalue weighted by Gasteiger charge is -2.01. The van der Waals surface area contributed by atoms with Gasteiger partial charge >= 0.3 is 5.97 Å². The molecule has 0 aromatic rings. The van der Waals surface area contributed by atoms with Gasteiger partial charge in [0.15, 0.2) is 16.0 Å². The Morgan fingerprint density at radius 2 is 2.10 bits per heavy atom. The van der Waals surface area contributed by atoms with Gasteiger partial charge in [-0.05, 0) is 13.8 Å². The third-order valence-electron chi connectivity index (χ3n) is 0.944. The van der Waals surface area contributed by atoms with Crippen LogP contribution in [0.3, 0.4) is 0 Å². The van der Waals surface area contributed by atoms with Crippen molar-refractivity contribution < 1.29 is 17.9 Å². The molecule has 0 N–H and O–H groups in total. The SMILES string of the molecule is CCOC(=O)C(C)[SH](=O)=O. The van der Waals surface area contributed by atoms with Crippen LogP contribution in [-0.4, -0.2) is 26.2 Å². The second-order valence-electron chi connectivity index (χ2n) is 1.71. The van der Waals surface area contributed by atoms with E-state index in [0.29, 0.717) is 0 Å². The molecule has 0 aliphatic carbocycles. The highest BCUT2D eigenvalue weighted by atomic mass is 32.2. The average molecular weight is 166 g/mol. The molecular formula is C5H10O4S. The molecule has 0 radical (unpaired) electrons. The first-order chi connectivity index (χ1) is 4.59. The summed E-state index contributed by atoms with van der Waals surface area (Å²) < 4.78 is 24.7. The van der Waals surface area contributed by atoms with E-state index in [1.807, 2.05) is 0 Å². The van der Waals surface area contributed by atoms with Gasteiger partial charge in [0.1, 0.15) is 0 Å². The molecule has 0 amide bonds. The van der Waals surface area contributed by atoms with E-state index in [9.17, 15) is 13.2 Å². The lowest BCUT2D eigenvalue weighted by molar-refractivity contribution is -0.142. The first-order valence-corrected chi connectivity index (χ1v) is 4.14. The largest absolute Gasteiger partial charge is 0.465 e. The molecule has 0 rings (SSSR count). The number of carbonyl (C=O) groups is 1. The molecule has 0 saturated carbocycles. The van der Waals surface area contributed by atoms with Crippen LogP contribution in [0.15, 0.2) is 0 Å². The van der Waals surface area contributed by atoms with E-state index in [1.54, 1.807) is 6.92 Å². The molecule has 0 bridgehead atoms. The molecule has 0 aromatic heterocycles. The zero-order chi connectivity index (χ0) is 8.15. The summed E-state index contributed by atoms with van der Waals surface area (Å²) >= 11 is 0. The van der Waals surface area contributed by atoms with Crippen LogP contribution >= 0.6 is 0 Å². The Kier molecular flexibility index (Phi) is 4.02. The van der Waals surface area contributed by atoms with E-state index in [0.717, 1.165) is 0 Å². The molecule has 0 aliphatic heterocycles. The van der Waals surface area contributed by atoms with Crippen molar-refractivity contribution in [2.24, 2.45) is 0 Å². The number of carbonyl (C=O) groups excluding carboxylic acids is 1. The van der Waals surface area contributed by atoms with Gasteiger partial charge in [-0.15, -0.1) is 0 Å². The van der Waals surface area contributed by atoms with Gasteiger partial charge in [0.05, 0.1) is 6.61 Å². The molecule has 0 heterocycles. The summed E-state index contributed by atoms with van der Waals surface area (Å²) in [5, 5.41) is -1.02. The first-order valence-electron chi connectivity index (χ1n) is 2.89. The highest BCUT2D eigenvalue weighted by molar-refractivity contribution is 7.74. The van der Waals surface area contributed by atoms with Gasteiger partial charge in [-0.3, -0.25) is 4.79 Å². The van der Waals surface area contributed by atoms with Gasteiger partial charge in [-0.2, -0.15) is 0 Å².